The molecule has 1 N–H and O–H groups in total. The van der Waals surface area contributed by atoms with Gasteiger partial charge in [-0.25, -0.2) is 0 Å². The van der Waals surface area contributed by atoms with Crippen molar-refractivity contribution in [1.82, 2.24) is 9.78 Å². The minimum absolute atomic E-state index is 0.126. The second-order valence-electron chi connectivity index (χ2n) is 5.81. The molecule has 2 aromatic rings. The molecule has 1 saturated carbocycles. The smallest absolute Gasteiger partial charge is 0.228 e. The molecule has 3 rings (SSSR count). The molecular formula is C17H21N3O. The molecule has 0 bridgehead atoms. The molecule has 0 aliphatic heterocycles. The number of anilines is 1. The number of carbonyl (C=O) groups excluding carboxylic acids is 1. The van der Waals surface area contributed by atoms with Gasteiger partial charge in [0, 0.05) is 17.7 Å². The van der Waals surface area contributed by atoms with Crippen LogP contribution in [-0.4, -0.2) is 15.7 Å². The lowest BCUT2D eigenvalue weighted by atomic mass is 10.1. The number of amides is 1. The maximum Gasteiger partial charge on any atom is 0.228 e. The molecule has 21 heavy (non-hydrogen) atoms. The number of aryl methyl sites for hydroxylation is 1. The van der Waals surface area contributed by atoms with Crippen molar-refractivity contribution in [3.63, 3.8) is 0 Å². The number of rotatable bonds is 4. The first kappa shape index (κ1) is 13.9. The highest BCUT2D eigenvalue weighted by Gasteiger charge is 2.23. The zero-order chi connectivity index (χ0) is 14.7. The number of aromatic nitrogens is 2. The summed E-state index contributed by atoms with van der Waals surface area (Å²) in [4.78, 5) is 12.2. The number of carbonyl (C=O) groups is 1. The second-order valence-corrected chi connectivity index (χ2v) is 5.81. The quantitative estimate of drug-likeness (QED) is 0.935. The molecule has 110 valence electrons. The minimum atomic E-state index is 0.126. The molecule has 0 radical (unpaired) electrons. The Morgan fingerprint density at radius 2 is 2.00 bits per heavy atom. The summed E-state index contributed by atoms with van der Waals surface area (Å²) in [6.07, 6.45) is 6.33. The van der Waals surface area contributed by atoms with Crippen LogP contribution in [-0.2, 0) is 11.3 Å². The van der Waals surface area contributed by atoms with Crippen molar-refractivity contribution in [2.75, 3.05) is 5.32 Å². The Hall–Kier alpha value is -2.10. The van der Waals surface area contributed by atoms with Crippen LogP contribution in [0.15, 0.2) is 36.5 Å². The van der Waals surface area contributed by atoms with Crippen molar-refractivity contribution in [3.8, 4) is 0 Å². The summed E-state index contributed by atoms with van der Waals surface area (Å²) >= 11 is 0. The predicted molar refractivity (Wildman–Crippen MR) is 83.1 cm³/mol. The van der Waals surface area contributed by atoms with Gasteiger partial charge in [-0.05, 0) is 25.3 Å². The van der Waals surface area contributed by atoms with Gasteiger partial charge in [0.15, 0.2) is 5.82 Å². The van der Waals surface area contributed by atoms with Crippen molar-refractivity contribution in [2.45, 2.75) is 39.2 Å². The van der Waals surface area contributed by atoms with Gasteiger partial charge in [0.25, 0.3) is 0 Å². The van der Waals surface area contributed by atoms with E-state index in [0.29, 0.717) is 5.82 Å². The van der Waals surface area contributed by atoms with Crippen molar-refractivity contribution < 1.29 is 4.79 Å². The van der Waals surface area contributed by atoms with E-state index in [2.05, 4.69) is 22.5 Å². The molecule has 1 fully saturated rings. The van der Waals surface area contributed by atoms with Gasteiger partial charge in [-0.15, -0.1) is 0 Å². The van der Waals surface area contributed by atoms with Crippen molar-refractivity contribution in [1.29, 1.82) is 0 Å². The summed E-state index contributed by atoms with van der Waals surface area (Å²) in [6.45, 7) is 2.71. The van der Waals surface area contributed by atoms with Gasteiger partial charge in [0.05, 0.1) is 6.54 Å². The third-order valence-electron chi connectivity index (χ3n) is 4.10. The molecule has 0 atom stereocenters. The SMILES string of the molecule is Cc1cn(Cc2ccccc2)nc1NC(=O)C1CCCC1. The van der Waals surface area contributed by atoms with E-state index in [1.54, 1.807) is 0 Å². The third kappa shape index (κ3) is 3.32. The predicted octanol–water partition coefficient (Wildman–Crippen LogP) is 3.37. The first-order valence-electron chi connectivity index (χ1n) is 7.61. The number of benzene rings is 1. The molecule has 1 amide bonds. The van der Waals surface area contributed by atoms with Gasteiger partial charge in [0.1, 0.15) is 0 Å². The molecule has 4 nitrogen and oxygen atoms in total. The summed E-state index contributed by atoms with van der Waals surface area (Å²) < 4.78 is 1.88. The largest absolute Gasteiger partial charge is 0.309 e. The fourth-order valence-electron chi connectivity index (χ4n) is 2.90. The minimum Gasteiger partial charge on any atom is -0.309 e. The summed E-state index contributed by atoms with van der Waals surface area (Å²) in [7, 11) is 0. The molecular weight excluding hydrogens is 262 g/mol. The monoisotopic (exact) mass is 283 g/mol. The van der Waals surface area contributed by atoms with Crippen LogP contribution in [0.5, 0.6) is 0 Å². The second kappa shape index (κ2) is 6.12. The van der Waals surface area contributed by atoms with E-state index in [4.69, 9.17) is 0 Å². The first-order chi connectivity index (χ1) is 10.2. The summed E-state index contributed by atoms with van der Waals surface area (Å²) in [5.41, 5.74) is 2.21. The van der Waals surface area contributed by atoms with Crippen LogP contribution < -0.4 is 5.32 Å². The Labute approximate surface area is 125 Å². The Bertz CT molecular complexity index is 612. The molecule has 1 aromatic heterocycles. The fraction of sp³-hybridized carbons (Fsp3) is 0.412. The molecule has 0 spiro atoms. The highest BCUT2D eigenvalue weighted by Crippen LogP contribution is 2.26. The normalized spacial score (nSPS) is 15.3. The van der Waals surface area contributed by atoms with E-state index in [-0.39, 0.29) is 11.8 Å². The van der Waals surface area contributed by atoms with Gasteiger partial charge in [-0.1, -0.05) is 43.2 Å². The van der Waals surface area contributed by atoms with E-state index in [9.17, 15) is 4.79 Å². The average molecular weight is 283 g/mol. The van der Waals surface area contributed by atoms with Crippen LogP contribution >= 0.6 is 0 Å². The van der Waals surface area contributed by atoms with E-state index in [1.807, 2.05) is 36.0 Å². The Morgan fingerprint density at radius 3 is 2.71 bits per heavy atom. The van der Waals surface area contributed by atoms with Gasteiger partial charge >= 0.3 is 0 Å². The number of nitrogens with zero attached hydrogens (tertiary/aromatic N) is 2. The number of nitrogens with one attached hydrogen (secondary N) is 1. The third-order valence-corrected chi connectivity index (χ3v) is 4.10. The van der Waals surface area contributed by atoms with Crippen molar-refractivity contribution in [3.05, 3.63) is 47.7 Å². The highest BCUT2D eigenvalue weighted by molar-refractivity contribution is 5.92. The van der Waals surface area contributed by atoms with E-state index in [0.717, 1.165) is 24.9 Å². The molecule has 0 unspecified atom stereocenters. The Balaban J connectivity index is 1.68. The number of hydrogen-bond acceptors (Lipinski definition) is 2. The van der Waals surface area contributed by atoms with Crippen LogP contribution in [0.3, 0.4) is 0 Å². The fourth-order valence-corrected chi connectivity index (χ4v) is 2.90. The van der Waals surface area contributed by atoms with Crippen molar-refractivity contribution >= 4 is 11.7 Å². The van der Waals surface area contributed by atoms with Gasteiger partial charge in [-0.2, -0.15) is 5.10 Å². The van der Waals surface area contributed by atoms with Crippen LogP contribution in [0.2, 0.25) is 0 Å². The Kier molecular flexibility index (Phi) is 4.04. The lowest BCUT2D eigenvalue weighted by Gasteiger charge is -2.08. The molecule has 4 heteroatoms. The maximum atomic E-state index is 12.2. The standard InChI is InChI=1S/C17H21N3O/c1-13-11-20(12-14-7-3-2-4-8-14)19-16(13)18-17(21)15-9-5-6-10-15/h2-4,7-8,11,15H,5-6,9-10,12H2,1H3,(H,18,19,21). The van der Waals surface area contributed by atoms with Gasteiger partial charge in [-0.3, -0.25) is 9.48 Å². The Morgan fingerprint density at radius 1 is 1.29 bits per heavy atom. The summed E-state index contributed by atoms with van der Waals surface area (Å²) in [5.74, 6) is 0.993. The first-order valence-corrected chi connectivity index (χ1v) is 7.61. The molecule has 1 heterocycles. The van der Waals surface area contributed by atoms with Crippen LogP contribution in [0.25, 0.3) is 0 Å². The lowest BCUT2D eigenvalue weighted by molar-refractivity contribution is -0.119. The van der Waals surface area contributed by atoms with Gasteiger partial charge < -0.3 is 5.32 Å². The molecule has 0 saturated heterocycles. The van der Waals surface area contributed by atoms with Crippen LogP contribution in [0.4, 0.5) is 5.82 Å². The molecule has 1 aliphatic carbocycles. The van der Waals surface area contributed by atoms with E-state index >= 15 is 0 Å². The zero-order valence-corrected chi connectivity index (χ0v) is 12.4. The topological polar surface area (TPSA) is 46.9 Å². The summed E-state index contributed by atoms with van der Waals surface area (Å²) in [6, 6.07) is 10.2. The van der Waals surface area contributed by atoms with E-state index < -0.39 is 0 Å². The van der Waals surface area contributed by atoms with Crippen LogP contribution in [0, 0.1) is 12.8 Å². The average Bonchev–Trinajstić information content (AvgIpc) is 3.11. The zero-order valence-electron chi connectivity index (χ0n) is 12.4. The number of hydrogen-bond donors (Lipinski definition) is 1. The summed E-state index contributed by atoms with van der Waals surface area (Å²) in [5, 5.41) is 7.49. The van der Waals surface area contributed by atoms with Crippen LogP contribution in [0.1, 0.15) is 36.8 Å². The van der Waals surface area contributed by atoms with Crippen molar-refractivity contribution in [2.24, 2.45) is 5.92 Å². The van der Waals surface area contributed by atoms with E-state index in [1.165, 1.54) is 18.4 Å². The van der Waals surface area contributed by atoms with Gasteiger partial charge in [0.2, 0.25) is 5.91 Å². The maximum absolute atomic E-state index is 12.2. The highest BCUT2D eigenvalue weighted by atomic mass is 16.2. The molecule has 1 aromatic carbocycles. The lowest BCUT2D eigenvalue weighted by Crippen LogP contribution is -2.21. The molecule has 1 aliphatic rings.